The first-order valence-electron chi connectivity index (χ1n) is 7.33. The Hall–Kier alpha value is -1.95. The van der Waals surface area contributed by atoms with Crippen molar-refractivity contribution < 1.29 is 19.0 Å². The Bertz CT molecular complexity index is 550. The summed E-state index contributed by atoms with van der Waals surface area (Å²) in [6.07, 6.45) is 0.306. The van der Waals surface area contributed by atoms with Gasteiger partial charge in [-0.1, -0.05) is 0 Å². The maximum atomic E-state index is 12.1. The van der Waals surface area contributed by atoms with E-state index in [0.29, 0.717) is 17.2 Å². The van der Waals surface area contributed by atoms with Crippen molar-refractivity contribution in [3.63, 3.8) is 0 Å². The topological polar surface area (TPSA) is 68.8 Å². The zero-order chi connectivity index (χ0) is 16.3. The number of carbonyl (C=O) groups is 1. The average Bonchev–Trinajstić information content (AvgIpc) is 2.44. The summed E-state index contributed by atoms with van der Waals surface area (Å²) < 4.78 is 16.2. The van der Waals surface area contributed by atoms with Crippen molar-refractivity contribution >= 4 is 11.8 Å². The lowest BCUT2D eigenvalue weighted by molar-refractivity contribution is 0.0635. The highest BCUT2D eigenvalue weighted by Crippen LogP contribution is 2.41. The third-order valence-corrected chi connectivity index (χ3v) is 3.36. The molecule has 1 amide bonds. The van der Waals surface area contributed by atoms with Crippen molar-refractivity contribution in [2.24, 2.45) is 0 Å². The van der Waals surface area contributed by atoms with Crippen LogP contribution in [0.1, 0.15) is 31.9 Å². The van der Waals surface area contributed by atoms with Crippen molar-refractivity contribution in [2.45, 2.75) is 39.3 Å². The highest BCUT2D eigenvalue weighted by molar-refractivity contribution is 5.90. The zero-order valence-corrected chi connectivity index (χ0v) is 13.8. The second-order valence-corrected chi connectivity index (χ2v) is 6.18. The van der Waals surface area contributed by atoms with Gasteiger partial charge in [-0.2, -0.15) is 0 Å². The molecule has 0 spiro atoms. The van der Waals surface area contributed by atoms with Gasteiger partial charge in [0.1, 0.15) is 5.60 Å². The molecule has 0 aliphatic carbocycles. The third-order valence-electron chi connectivity index (χ3n) is 3.36. The van der Waals surface area contributed by atoms with Gasteiger partial charge < -0.3 is 19.5 Å². The summed E-state index contributed by atoms with van der Waals surface area (Å²) in [4.78, 5) is 12.1. The van der Waals surface area contributed by atoms with Crippen LogP contribution in [0.5, 0.6) is 11.5 Å². The molecule has 0 saturated heterocycles. The lowest BCUT2D eigenvalue weighted by Crippen LogP contribution is -2.29. The highest BCUT2D eigenvalue weighted by Gasteiger charge is 2.25. The van der Waals surface area contributed by atoms with E-state index in [1.54, 1.807) is 14.2 Å². The van der Waals surface area contributed by atoms with E-state index >= 15 is 0 Å². The molecule has 2 rings (SSSR count). The van der Waals surface area contributed by atoms with Gasteiger partial charge in [-0.25, -0.2) is 4.79 Å². The number of carbonyl (C=O) groups excluding carboxylic acids is 1. The Labute approximate surface area is 131 Å². The lowest BCUT2D eigenvalue weighted by Gasteiger charge is -2.25. The second kappa shape index (κ2) is 6.44. The molecule has 122 valence electrons. The first-order chi connectivity index (χ1) is 10.4. The number of anilines is 1. The highest BCUT2D eigenvalue weighted by atomic mass is 16.6. The fourth-order valence-corrected chi connectivity index (χ4v) is 2.50. The second-order valence-electron chi connectivity index (χ2n) is 6.18. The Kier molecular flexibility index (Phi) is 4.81. The molecule has 1 aliphatic rings. The molecule has 1 aromatic carbocycles. The quantitative estimate of drug-likeness (QED) is 0.898. The summed E-state index contributed by atoms with van der Waals surface area (Å²) in [6.45, 7) is 7.07. The lowest BCUT2D eigenvalue weighted by atomic mass is 9.97. The number of fused-ring (bicyclic) bond motifs is 1. The van der Waals surface area contributed by atoms with E-state index in [2.05, 4.69) is 10.6 Å². The van der Waals surface area contributed by atoms with Crippen LogP contribution in [0.2, 0.25) is 0 Å². The fraction of sp³-hybridized carbons (Fsp3) is 0.562. The van der Waals surface area contributed by atoms with Crippen LogP contribution in [0.4, 0.5) is 10.5 Å². The van der Waals surface area contributed by atoms with Crippen LogP contribution in [0.3, 0.4) is 0 Å². The van der Waals surface area contributed by atoms with Crippen molar-refractivity contribution in [3.05, 3.63) is 17.2 Å². The van der Waals surface area contributed by atoms with Gasteiger partial charge in [0.2, 0.25) is 0 Å². The van der Waals surface area contributed by atoms with Crippen LogP contribution in [-0.4, -0.2) is 32.5 Å². The van der Waals surface area contributed by atoms with E-state index in [9.17, 15) is 4.79 Å². The predicted octanol–water partition coefficient (Wildman–Crippen LogP) is 2.70. The van der Waals surface area contributed by atoms with Crippen LogP contribution in [0.15, 0.2) is 6.07 Å². The molecule has 1 aromatic rings. The molecule has 0 aromatic heterocycles. The van der Waals surface area contributed by atoms with Crippen molar-refractivity contribution in [1.29, 1.82) is 0 Å². The molecule has 0 unspecified atom stereocenters. The van der Waals surface area contributed by atoms with E-state index < -0.39 is 11.7 Å². The van der Waals surface area contributed by atoms with Gasteiger partial charge >= 0.3 is 6.09 Å². The first-order valence-corrected chi connectivity index (χ1v) is 7.33. The molecule has 6 nitrogen and oxygen atoms in total. The summed E-state index contributed by atoms with van der Waals surface area (Å²) in [7, 11) is 3.14. The van der Waals surface area contributed by atoms with Crippen LogP contribution in [0, 0.1) is 0 Å². The fourth-order valence-electron chi connectivity index (χ4n) is 2.50. The van der Waals surface area contributed by atoms with Crippen molar-refractivity contribution in [1.82, 2.24) is 5.32 Å². The molecule has 1 aliphatic heterocycles. The van der Waals surface area contributed by atoms with E-state index in [-0.39, 0.29) is 0 Å². The molecule has 1 heterocycles. The smallest absolute Gasteiger partial charge is 0.412 e. The molecule has 0 fully saturated rings. The Morgan fingerprint density at radius 3 is 2.59 bits per heavy atom. The van der Waals surface area contributed by atoms with E-state index in [1.165, 1.54) is 0 Å². The van der Waals surface area contributed by atoms with E-state index in [0.717, 1.165) is 30.6 Å². The normalized spacial score (nSPS) is 14.0. The Morgan fingerprint density at radius 1 is 1.27 bits per heavy atom. The van der Waals surface area contributed by atoms with Crippen molar-refractivity contribution in [2.75, 3.05) is 26.1 Å². The van der Waals surface area contributed by atoms with Crippen LogP contribution < -0.4 is 20.1 Å². The minimum atomic E-state index is -0.558. The Morgan fingerprint density at radius 2 is 2.00 bits per heavy atom. The monoisotopic (exact) mass is 308 g/mol. The largest absolute Gasteiger partial charge is 0.493 e. The number of hydrogen-bond acceptors (Lipinski definition) is 5. The molecule has 0 saturated carbocycles. The molecular formula is C16H24N2O4. The number of methoxy groups -OCH3 is 2. The summed E-state index contributed by atoms with van der Waals surface area (Å²) in [5.41, 5.74) is 2.22. The zero-order valence-electron chi connectivity index (χ0n) is 13.8. The van der Waals surface area contributed by atoms with Crippen LogP contribution in [0.25, 0.3) is 0 Å². The van der Waals surface area contributed by atoms with Crippen LogP contribution in [-0.2, 0) is 17.7 Å². The van der Waals surface area contributed by atoms with Gasteiger partial charge in [0.25, 0.3) is 0 Å². The molecular weight excluding hydrogens is 284 g/mol. The summed E-state index contributed by atoms with van der Waals surface area (Å²) >= 11 is 0. The maximum Gasteiger partial charge on any atom is 0.412 e. The Balaban J connectivity index is 2.41. The molecule has 2 N–H and O–H groups in total. The number of nitrogens with one attached hydrogen (secondary N) is 2. The number of amides is 1. The van der Waals surface area contributed by atoms with E-state index in [4.69, 9.17) is 14.2 Å². The number of benzene rings is 1. The average molecular weight is 308 g/mol. The standard InChI is InChI=1S/C16H24N2O4/c1-16(2,3)22-15(19)18-13-11-6-7-17-9-10(11)8-12(20-4)14(13)21-5/h8,17H,6-7,9H2,1-5H3,(H,18,19). The van der Waals surface area contributed by atoms with Crippen LogP contribution >= 0.6 is 0 Å². The van der Waals surface area contributed by atoms with Gasteiger partial charge in [-0.15, -0.1) is 0 Å². The molecule has 6 heteroatoms. The summed E-state index contributed by atoms with van der Waals surface area (Å²) in [5, 5.41) is 6.14. The first kappa shape index (κ1) is 16.4. The minimum absolute atomic E-state index is 0.500. The summed E-state index contributed by atoms with van der Waals surface area (Å²) in [5.74, 6) is 1.12. The minimum Gasteiger partial charge on any atom is -0.493 e. The molecule has 0 atom stereocenters. The van der Waals surface area contributed by atoms with Crippen molar-refractivity contribution in [3.8, 4) is 11.5 Å². The molecule has 0 radical (unpaired) electrons. The van der Waals surface area contributed by atoms with Gasteiger partial charge in [-0.3, -0.25) is 5.32 Å². The maximum absolute atomic E-state index is 12.1. The van der Waals surface area contributed by atoms with Gasteiger partial charge in [-0.05, 0) is 50.9 Å². The van der Waals surface area contributed by atoms with Gasteiger partial charge in [0.05, 0.1) is 19.9 Å². The van der Waals surface area contributed by atoms with Gasteiger partial charge in [0.15, 0.2) is 11.5 Å². The molecule has 0 bridgehead atoms. The van der Waals surface area contributed by atoms with E-state index in [1.807, 2.05) is 26.8 Å². The number of ether oxygens (including phenoxy) is 3. The van der Waals surface area contributed by atoms with Gasteiger partial charge in [0, 0.05) is 6.54 Å². The third kappa shape index (κ3) is 3.62. The number of rotatable bonds is 3. The predicted molar refractivity (Wildman–Crippen MR) is 84.8 cm³/mol. The SMILES string of the molecule is COc1cc2c(c(NC(=O)OC(C)(C)C)c1OC)CCNC2. The molecule has 22 heavy (non-hydrogen) atoms. The number of hydrogen-bond donors (Lipinski definition) is 2. The summed E-state index contributed by atoms with van der Waals surface area (Å²) in [6, 6.07) is 1.95.